The van der Waals surface area contributed by atoms with Crippen LogP contribution in [0.2, 0.25) is 0 Å². The van der Waals surface area contributed by atoms with Gasteiger partial charge in [-0.15, -0.1) is 0 Å². The van der Waals surface area contributed by atoms with E-state index in [9.17, 15) is 4.79 Å². The molecular weight excluding hydrogens is 283 g/mol. The summed E-state index contributed by atoms with van der Waals surface area (Å²) in [5, 5.41) is 0. The molecule has 0 aromatic rings. The monoisotopic (exact) mass is 304 g/mol. The highest BCUT2D eigenvalue weighted by Crippen LogP contribution is 2.60. The standard InChI is InChI=1S/C14H22Cl2N2O/c1-4-17-5-7-18(8-6-17)13(19)12-10(9-11(15)16)14(12,2)3/h9-10,12H,4-8H2,1-3H3. The van der Waals surface area contributed by atoms with Crippen LogP contribution in [0, 0.1) is 17.3 Å². The number of hydrogen-bond donors (Lipinski definition) is 0. The fourth-order valence-electron chi connectivity index (χ4n) is 3.08. The molecule has 1 saturated heterocycles. The van der Waals surface area contributed by atoms with Crippen LogP contribution >= 0.6 is 23.2 Å². The highest BCUT2D eigenvalue weighted by Gasteiger charge is 2.61. The van der Waals surface area contributed by atoms with Crippen LogP contribution < -0.4 is 0 Å². The van der Waals surface area contributed by atoms with Crippen molar-refractivity contribution in [2.45, 2.75) is 20.8 Å². The molecule has 108 valence electrons. The Labute approximate surface area is 125 Å². The molecular formula is C14H22Cl2N2O. The van der Waals surface area contributed by atoms with Crippen molar-refractivity contribution in [1.82, 2.24) is 9.80 Å². The third-order valence-corrected chi connectivity index (χ3v) is 4.87. The summed E-state index contributed by atoms with van der Waals surface area (Å²) in [6, 6.07) is 0. The molecule has 0 spiro atoms. The van der Waals surface area contributed by atoms with Gasteiger partial charge in [-0.1, -0.05) is 44.0 Å². The number of carbonyl (C=O) groups excluding carboxylic acids is 1. The van der Waals surface area contributed by atoms with Crippen LogP contribution in [0.4, 0.5) is 0 Å². The minimum Gasteiger partial charge on any atom is -0.340 e. The zero-order chi connectivity index (χ0) is 14.2. The lowest BCUT2D eigenvalue weighted by Gasteiger charge is -2.34. The number of allylic oxidation sites excluding steroid dienone is 1. The Kier molecular flexibility index (Phi) is 4.49. The molecule has 1 amide bonds. The molecule has 2 fully saturated rings. The summed E-state index contributed by atoms with van der Waals surface area (Å²) in [7, 11) is 0. The number of amides is 1. The molecule has 0 N–H and O–H groups in total. The third-order valence-electron chi connectivity index (χ3n) is 4.61. The first-order valence-electron chi connectivity index (χ1n) is 6.92. The van der Waals surface area contributed by atoms with Crippen LogP contribution in [-0.2, 0) is 4.79 Å². The highest BCUT2D eigenvalue weighted by molar-refractivity contribution is 6.55. The van der Waals surface area contributed by atoms with Crippen LogP contribution in [0.5, 0.6) is 0 Å². The van der Waals surface area contributed by atoms with E-state index in [2.05, 4.69) is 25.7 Å². The second kappa shape index (κ2) is 5.63. The highest BCUT2D eigenvalue weighted by atomic mass is 35.5. The summed E-state index contributed by atoms with van der Waals surface area (Å²) in [5.41, 5.74) is -0.0198. The molecule has 2 aliphatic rings. The molecule has 1 saturated carbocycles. The van der Waals surface area contributed by atoms with E-state index in [1.807, 2.05) is 11.0 Å². The van der Waals surface area contributed by atoms with E-state index < -0.39 is 0 Å². The van der Waals surface area contributed by atoms with Gasteiger partial charge in [0.15, 0.2) is 0 Å². The molecule has 0 bridgehead atoms. The van der Waals surface area contributed by atoms with Crippen LogP contribution in [0.15, 0.2) is 10.6 Å². The number of rotatable bonds is 3. The number of carbonyl (C=O) groups is 1. The summed E-state index contributed by atoms with van der Waals surface area (Å²) < 4.78 is 0.268. The predicted octanol–water partition coefficient (Wildman–Crippen LogP) is 2.74. The average Bonchev–Trinajstić information content (AvgIpc) is 2.89. The van der Waals surface area contributed by atoms with E-state index in [-0.39, 0.29) is 27.6 Å². The van der Waals surface area contributed by atoms with Gasteiger partial charge in [-0.05, 0) is 24.0 Å². The summed E-state index contributed by atoms with van der Waals surface area (Å²) in [6.45, 7) is 11.1. The van der Waals surface area contributed by atoms with Gasteiger partial charge >= 0.3 is 0 Å². The maximum absolute atomic E-state index is 12.6. The molecule has 1 aliphatic carbocycles. The molecule has 1 aliphatic heterocycles. The van der Waals surface area contributed by atoms with Gasteiger partial charge in [-0.2, -0.15) is 0 Å². The second-order valence-electron chi connectivity index (χ2n) is 6.04. The minimum absolute atomic E-state index is 0.0198. The largest absolute Gasteiger partial charge is 0.340 e. The Bertz CT molecular complexity index is 383. The first-order valence-corrected chi connectivity index (χ1v) is 7.67. The smallest absolute Gasteiger partial charge is 0.226 e. The summed E-state index contributed by atoms with van der Waals surface area (Å²) in [6.07, 6.45) is 1.81. The van der Waals surface area contributed by atoms with Crippen molar-refractivity contribution >= 4 is 29.1 Å². The Morgan fingerprint density at radius 3 is 2.32 bits per heavy atom. The van der Waals surface area contributed by atoms with Crippen LogP contribution in [0.1, 0.15) is 20.8 Å². The molecule has 5 heteroatoms. The fourth-order valence-corrected chi connectivity index (χ4v) is 3.35. The number of likely N-dealkylation sites (N-methyl/N-ethyl adjacent to an activating group) is 1. The van der Waals surface area contributed by atoms with E-state index in [0.29, 0.717) is 0 Å². The lowest BCUT2D eigenvalue weighted by atomic mass is 10.1. The normalized spacial score (nSPS) is 30.1. The summed E-state index contributed by atoms with van der Waals surface area (Å²) in [5.74, 6) is 0.471. The summed E-state index contributed by atoms with van der Waals surface area (Å²) in [4.78, 5) is 16.9. The van der Waals surface area contributed by atoms with Crippen molar-refractivity contribution in [2.24, 2.45) is 17.3 Å². The first kappa shape index (κ1) is 15.1. The number of hydrogen-bond acceptors (Lipinski definition) is 2. The molecule has 2 unspecified atom stereocenters. The van der Waals surface area contributed by atoms with Crippen molar-refractivity contribution < 1.29 is 4.79 Å². The van der Waals surface area contributed by atoms with Gasteiger partial charge in [0.25, 0.3) is 0 Å². The zero-order valence-corrected chi connectivity index (χ0v) is 13.3. The Morgan fingerprint density at radius 1 is 1.26 bits per heavy atom. The van der Waals surface area contributed by atoms with Gasteiger partial charge < -0.3 is 9.80 Å². The first-order chi connectivity index (χ1) is 8.87. The van der Waals surface area contributed by atoms with Crippen molar-refractivity contribution in [3.05, 3.63) is 10.6 Å². The van der Waals surface area contributed by atoms with Gasteiger partial charge in [0, 0.05) is 26.2 Å². The van der Waals surface area contributed by atoms with Gasteiger partial charge in [-0.25, -0.2) is 0 Å². The topological polar surface area (TPSA) is 23.6 Å². The van der Waals surface area contributed by atoms with Gasteiger partial charge in [0.1, 0.15) is 4.49 Å². The lowest BCUT2D eigenvalue weighted by Crippen LogP contribution is -2.49. The average molecular weight is 305 g/mol. The number of nitrogens with zero attached hydrogens (tertiary/aromatic N) is 2. The van der Waals surface area contributed by atoms with E-state index in [1.165, 1.54) is 0 Å². The maximum Gasteiger partial charge on any atom is 0.226 e. The van der Waals surface area contributed by atoms with Gasteiger partial charge in [0.2, 0.25) is 5.91 Å². The molecule has 0 radical (unpaired) electrons. The second-order valence-corrected chi connectivity index (χ2v) is 7.05. The van der Waals surface area contributed by atoms with Gasteiger partial charge in [0.05, 0.1) is 5.92 Å². The minimum atomic E-state index is -0.0198. The molecule has 3 nitrogen and oxygen atoms in total. The van der Waals surface area contributed by atoms with Crippen molar-refractivity contribution in [3.8, 4) is 0 Å². The van der Waals surface area contributed by atoms with Crippen LogP contribution in [0.25, 0.3) is 0 Å². The third kappa shape index (κ3) is 3.09. The molecule has 0 aromatic heterocycles. The van der Waals surface area contributed by atoms with Crippen molar-refractivity contribution in [3.63, 3.8) is 0 Å². The predicted molar refractivity (Wildman–Crippen MR) is 79.2 cm³/mol. The molecule has 19 heavy (non-hydrogen) atoms. The van der Waals surface area contributed by atoms with E-state index in [1.54, 1.807) is 0 Å². The number of piperazine rings is 1. The quantitative estimate of drug-likeness (QED) is 0.800. The molecule has 1 heterocycles. The molecule has 2 atom stereocenters. The Morgan fingerprint density at radius 2 is 1.84 bits per heavy atom. The summed E-state index contributed by atoms with van der Waals surface area (Å²) >= 11 is 11.5. The Balaban J connectivity index is 1.96. The fraction of sp³-hybridized carbons (Fsp3) is 0.786. The van der Waals surface area contributed by atoms with Crippen molar-refractivity contribution in [1.29, 1.82) is 0 Å². The molecule has 2 rings (SSSR count). The van der Waals surface area contributed by atoms with E-state index in [0.717, 1.165) is 32.7 Å². The van der Waals surface area contributed by atoms with Crippen LogP contribution in [0.3, 0.4) is 0 Å². The zero-order valence-electron chi connectivity index (χ0n) is 11.8. The van der Waals surface area contributed by atoms with Gasteiger partial charge in [-0.3, -0.25) is 4.79 Å². The van der Waals surface area contributed by atoms with Crippen molar-refractivity contribution in [2.75, 3.05) is 32.7 Å². The van der Waals surface area contributed by atoms with E-state index >= 15 is 0 Å². The number of halogens is 2. The lowest BCUT2D eigenvalue weighted by molar-refractivity contribution is -0.135. The van der Waals surface area contributed by atoms with Crippen LogP contribution in [-0.4, -0.2) is 48.4 Å². The SMILES string of the molecule is CCN1CCN(C(=O)C2C(C=C(Cl)Cl)C2(C)C)CC1. The van der Waals surface area contributed by atoms with E-state index in [4.69, 9.17) is 23.2 Å². The Hall–Kier alpha value is -0.250. The molecule has 0 aromatic carbocycles. The maximum atomic E-state index is 12.6.